The molecule has 2 nitrogen and oxygen atoms in total. The van der Waals surface area contributed by atoms with E-state index in [0.717, 1.165) is 11.3 Å². The van der Waals surface area contributed by atoms with E-state index in [1.54, 1.807) is 0 Å². The Morgan fingerprint density at radius 3 is 2.41 bits per heavy atom. The second kappa shape index (κ2) is 5.74. The van der Waals surface area contributed by atoms with Crippen LogP contribution < -0.4 is 4.74 Å². The van der Waals surface area contributed by atoms with Crippen molar-refractivity contribution in [2.75, 3.05) is 6.61 Å². The molecular formula is C15H12O2. The minimum atomic E-state index is -0.153. The lowest BCUT2D eigenvalue weighted by Crippen LogP contribution is -1.87. The molecule has 84 valence electrons. The maximum absolute atomic E-state index is 8.69. The normalized spacial score (nSPS) is 9.24. The van der Waals surface area contributed by atoms with Crippen molar-refractivity contribution < 1.29 is 9.84 Å². The summed E-state index contributed by atoms with van der Waals surface area (Å²) in [5.74, 6) is 6.94. The second-order valence-corrected chi connectivity index (χ2v) is 3.37. The lowest BCUT2D eigenvalue weighted by Gasteiger charge is -2.06. The summed E-state index contributed by atoms with van der Waals surface area (Å²) >= 11 is 0. The van der Waals surface area contributed by atoms with Gasteiger partial charge in [-0.1, -0.05) is 42.2 Å². The van der Waals surface area contributed by atoms with Crippen LogP contribution in [0.2, 0.25) is 0 Å². The van der Waals surface area contributed by atoms with E-state index in [2.05, 4.69) is 11.8 Å². The van der Waals surface area contributed by atoms with Crippen LogP contribution in [0.3, 0.4) is 0 Å². The van der Waals surface area contributed by atoms with E-state index in [-0.39, 0.29) is 6.61 Å². The number of rotatable bonds is 2. The Balaban J connectivity index is 2.27. The lowest BCUT2D eigenvalue weighted by molar-refractivity contribution is 0.350. The van der Waals surface area contributed by atoms with Gasteiger partial charge in [0.2, 0.25) is 0 Å². The molecule has 0 aliphatic rings. The summed E-state index contributed by atoms with van der Waals surface area (Å²) in [7, 11) is 0. The molecule has 0 saturated heterocycles. The van der Waals surface area contributed by atoms with Gasteiger partial charge in [0, 0.05) is 0 Å². The standard InChI is InChI=1S/C15H12O2/c16-12-6-8-13-7-4-5-11-15(13)17-14-9-2-1-3-10-14/h1-5,7,9-11,16H,12H2. The van der Waals surface area contributed by atoms with E-state index in [4.69, 9.17) is 9.84 Å². The van der Waals surface area contributed by atoms with E-state index >= 15 is 0 Å². The maximum Gasteiger partial charge on any atom is 0.143 e. The van der Waals surface area contributed by atoms with E-state index in [1.807, 2.05) is 54.6 Å². The monoisotopic (exact) mass is 224 g/mol. The van der Waals surface area contributed by atoms with Crippen LogP contribution >= 0.6 is 0 Å². The molecule has 2 aromatic rings. The van der Waals surface area contributed by atoms with Crippen LogP contribution in [0.25, 0.3) is 0 Å². The highest BCUT2D eigenvalue weighted by atomic mass is 16.5. The predicted octanol–water partition coefficient (Wildman–Crippen LogP) is 2.82. The van der Waals surface area contributed by atoms with Crippen molar-refractivity contribution in [2.24, 2.45) is 0 Å². The van der Waals surface area contributed by atoms with Gasteiger partial charge in [0.05, 0.1) is 5.56 Å². The first-order chi connectivity index (χ1) is 8.40. The minimum absolute atomic E-state index is 0.153. The number of aliphatic hydroxyl groups excluding tert-OH is 1. The molecule has 2 heteroatoms. The number of para-hydroxylation sites is 2. The Bertz CT molecular complexity index is 536. The summed E-state index contributed by atoms with van der Waals surface area (Å²) in [6.45, 7) is -0.153. The summed E-state index contributed by atoms with van der Waals surface area (Å²) in [4.78, 5) is 0. The molecule has 0 fully saturated rings. The molecular weight excluding hydrogens is 212 g/mol. The first kappa shape index (κ1) is 11.3. The highest BCUT2D eigenvalue weighted by Crippen LogP contribution is 2.24. The van der Waals surface area contributed by atoms with Gasteiger partial charge in [-0.25, -0.2) is 0 Å². The van der Waals surface area contributed by atoms with Gasteiger partial charge in [0.15, 0.2) is 0 Å². The molecule has 0 atom stereocenters. The van der Waals surface area contributed by atoms with Gasteiger partial charge in [-0.3, -0.25) is 0 Å². The largest absolute Gasteiger partial charge is 0.456 e. The zero-order chi connectivity index (χ0) is 11.9. The quantitative estimate of drug-likeness (QED) is 0.795. The van der Waals surface area contributed by atoms with Crippen LogP contribution in [0.5, 0.6) is 11.5 Å². The Morgan fingerprint density at radius 1 is 0.941 bits per heavy atom. The van der Waals surface area contributed by atoms with Gasteiger partial charge in [0.1, 0.15) is 18.1 Å². The SMILES string of the molecule is OCC#Cc1ccccc1Oc1ccccc1. The number of benzene rings is 2. The Morgan fingerprint density at radius 2 is 1.65 bits per heavy atom. The first-order valence-corrected chi connectivity index (χ1v) is 5.32. The fraction of sp³-hybridized carbons (Fsp3) is 0.0667. The molecule has 0 aliphatic carbocycles. The van der Waals surface area contributed by atoms with Crippen molar-refractivity contribution in [3.05, 3.63) is 60.2 Å². The Labute approximate surface area is 100 Å². The lowest BCUT2D eigenvalue weighted by atomic mass is 10.2. The third-order valence-corrected chi connectivity index (χ3v) is 2.16. The molecule has 0 heterocycles. The van der Waals surface area contributed by atoms with Gasteiger partial charge in [-0.2, -0.15) is 0 Å². The summed E-state index contributed by atoms with van der Waals surface area (Å²) in [5, 5.41) is 8.69. The van der Waals surface area contributed by atoms with Gasteiger partial charge in [-0.05, 0) is 24.3 Å². The maximum atomic E-state index is 8.69. The van der Waals surface area contributed by atoms with Crippen molar-refractivity contribution in [3.63, 3.8) is 0 Å². The van der Waals surface area contributed by atoms with Crippen molar-refractivity contribution in [1.82, 2.24) is 0 Å². The zero-order valence-corrected chi connectivity index (χ0v) is 9.26. The van der Waals surface area contributed by atoms with Crippen LogP contribution in [0, 0.1) is 11.8 Å². The van der Waals surface area contributed by atoms with Gasteiger partial charge < -0.3 is 9.84 Å². The van der Waals surface area contributed by atoms with Crippen molar-refractivity contribution in [1.29, 1.82) is 0 Å². The third-order valence-electron chi connectivity index (χ3n) is 2.16. The smallest absolute Gasteiger partial charge is 0.143 e. The van der Waals surface area contributed by atoms with Crippen molar-refractivity contribution >= 4 is 0 Å². The summed E-state index contributed by atoms with van der Waals surface area (Å²) in [5.41, 5.74) is 0.769. The number of hydrogen-bond donors (Lipinski definition) is 1. The van der Waals surface area contributed by atoms with Gasteiger partial charge in [-0.15, -0.1) is 0 Å². The molecule has 1 N–H and O–H groups in total. The van der Waals surface area contributed by atoms with Crippen LogP contribution in [-0.4, -0.2) is 11.7 Å². The Hall–Kier alpha value is -2.24. The van der Waals surface area contributed by atoms with Crippen LogP contribution in [-0.2, 0) is 0 Å². The number of hydrogen-bond acceptors (Lipinski definition) is 2. The third kappa shape index (κ3) is 3.10. The molecule has 0 saturated carbocycles. The highest BCUT2D eigenvalue weighted by molar-refractivity contribution is 5.47. The fourth-order valence-electron chi connectivity index (χ4n) is 1.41. The van der Waals surface area contributed by atoms with E-state index in [1.165, 1.54) is 0 Å². The van der Waals surface area contributed by atoms with E-state index in [9.17, 15) is 0 Å². The summed E-state index contributed by atoms with van der Waals surface area (Å²) < 4.78 is 5.72. The number of ether oxygens (including phenoxy) is 1. The predicted molar refractivity (Wildman–Crippen MR) is 66.9 cm³/mol. The molecule has 0 unspecified atom stereocenters. The molecule has 0 spiro atoms. The van der Waals surface area contributed by atoms with Crippen molar-refractivity contribution in [2.45, 2.75) is 0 Å². The molecule has 0 aromatic heterocycles. The average Bonchev–Trinajstić information content (AvgIpc) is 2.39. The molecule has 0 amide bonds. The molecule has 17 heavy (non-hydrogen) atoms. The number of aliphatic hydroxyl groups is 1. The molecule has 0 bridgehead atoms. The summed E-state index contributed by atoms with van der Waals surface area (Å²) in [6, 6.07) is 17.0. The van der Waals surface area contributed by atoms with Crippen LogP contribution in [0.1, 0.15) is 5.56 Å². The van der Waals surface area contributed by atoms with Crippen LogP contribution in [0.15, 0.2) is 54.6 Å². The first-order valence-electron chi connectivity index (χ1n) is 5.32. The van der Waals surface area contributed by atoms with Gasteiger partial charge in [0.25, 0.3) is 0 Å². The molecule has 2 rings (SSSR count). The fourth-order valence-corrected chi connectivity index (χ4v) is 1.41. The van der Waals surface area contributed by atoms with E-state index < -0.39 is 0 Å². The Kier molecular flexibility index (Phi) is 3.80. The highest BCUT2D eigenvalue weighted by Gasteiger charge is 2.00. The molecule has 0 aliphatic heterocycles. The molecule has 2 aromatic carbocycles. The summed E-state index contributed by atoms with van der Waals surface area (Å²) in [6.07, 6.45) is 0. The zero-order valence-electron chi connectivity index (χ0n) is 9.26. The van der Waals surface area contributed by atoms with E-state index in [0.29, 0.717) is 5.75 Å². The minimum Gasteiger partial charge on any atom is -0.456 e. The molecule has 0 radical (unpaired) electrons. The van der Waals surface area contributed by atoms with Crippen molar-refractivity contribution in [3.8, 4) is 23.3 Å². The topological polar surface area (TPSA) is 29.5 Å². The van der Waals surface area contributed by atoms with Gasteiger partial charge >= 0.3 is 0 Å². The second-order valence-electron chi connectivity index (χ2n) is 3.37. The van der Waals surface area contributed by atoms with Crippen LogP contribution in [0.4, 0.5) is 0 Å². The average molecular weight is 224 g/mol.